The molecule has 1 aromatic carbocycles. The highest BCUT2D eigenvalue weighted by atomic mass is 31.2. The fourth-order valence-electron chi connectivity index (χ4n) is 6.15. The largest absolute Gasteiger partial charge is 0.388 e. The first-order valence-corrected chi connectivity index (χ1v) is 12.4. The number of likely N-dealkylation sites (N-methyl/N-ethyl adjacent to an activating group) is 2. The van der Waals surface area contributed by atoms with E-state index in [2.05, 4.69) is 42.5 Å². The lowest BCUT2D eigenvalue weighted by Crippen LogP contribution is -2.47. The van der Waals surface area contributed by atoms with Crippen LogP contribution in [0, 0.1) is 5.92 Å². The minimum atomic E-state index is -2.94. The van der Waals surface area contributed by atoms with E-state index in [-0.39, 0.29) is 11.6 Å². The average Bonchev–Trinajstić information content (AvgIpc) is 2.88. The molecular weight excluding hydrogens is 355 g/mol. The molecule has 0 amide bonds. The van der Waals surface area contributed by atoms with Gasteiger partial charge in [0.15, 0.2) is 0 Å². The zero-order chi connectivity index (χ0) is 19.2. The molecule has 3 fully saturated rings. The van der Waals surface area contributed by atoms with E-state index in [1.807, 2.05) is 18.2 Å². The van der Waals surface area contributed by atoms with E-state index < -0.39 is 13.0 Å². The Morgan fingerprint density at radius 2 is 1.56 bits per heavy atom. The van der Waals surface area contributed by atoms with Crippen LogP contribution in [0.4, 0.5) is 0 Å². The van der Waals surface area contributed by atoms with Crippen LogP contribution in [0.15, 0.2) is 30.3 Å². The zero-order valence-corrected chi connectivity index (χ0v) is 17.9. The van der Waals surface area contributed by atoms with Crippen LogP contribution in [0.5, 0.6) is 0 Å². The second-order valence-corrected chi connectivity index (χ2v) is 12.1. The Balaban J connectivity index is 1.84. The van der Waals surface area contributed by atoms with Crippen molar-refractivity contribution in [3.05, 3.63) is 35.9 Å². The second-order valence-electron chi connectivity index (χ2n) is 9.11. The molecule has 2 aliphatic carbocycles. The Morgan fingerprint density at radius 3 is 2.11 bits per heavy atom. The van der Waals surface area contributed by atoms with Crippen molar-refractivity contribution >= 4 is 7.44 Å². The Hall–Kier alpha value is -0.670. The molecule has 0 spiro atoms. The number of fused-ring (bicyclic) bond motifs is 1. The summed E-state index contributed by atoms with van der Waals surface area (Å²) in [5.74, 6) is 0.159. The summed E-state index contributed by atoms with van der Waals surface area (Å²) in [4.78, 5) is 0. The first kappa shape index (κ1) is 19.6. The lowest BCUT2D eigenvalue weighted by molar-refractivity contribution is -0.0476. The van der Waals surface area contributed by atoms with Gasteiger partial charge in [0.05, 0.1) is 11.3 Å². The summed E-state index contributed by atoms with van der Waals surface area (Å²) in [6.45, 7) is 2.16. The van der Waals surface area contributed by atoms with Crippen LogP contribution in [0.25, 0.3) is 0 Å². The van der Waals surface area contributed by atoms with Gasteiger partial charge in [-0.3, -0.25) is 4.57 Å². The molecule has 0 aromatic heterocycles. The highest BCUT2D eigenvalue weighted by Crippen LogP contribution is 2.74. The normalized spacial score (nSPS) is 38.4. The molecule has 5 atom stereocenters. The molecule has 0 unspecified atom stereocenters. The van der Waals surface area contributed by atoms with Gasteiger partial charge in [-0.15, -0.1) is 0 Å². The summed E-state index contributed by atoms with van der Waals surface area (Å²) >= 11 is 0. The Labute approximate surface area is 164 Å². The van der Waals surface area contributed by atoms with Crippen LogP contribution >= 0.6 is 7.44 Å². The summed E-state index contributed by atoms with van der Waals surface area (Å²) < 4.78 is 19.3. The molecular formula is C22H35N2O2P. The Bertz CT molecular complexity index is 690. The lowest BCUT2D eigenvalue weighted by Gasteiger charge is -2.48. The maximum absolute atomic E-state index is 14.9. The third kappa shape index (κ3) is 2.95. The van der Waals surface area contributed by atoms with Crippen molar-refractivity contribution in [2.45, 2.75) is 81.6 Å². The predicted molar refractivity (Wildman–Crippen MR) is 111 cm³/mol. The fraction of sp³-hybridized carbons (Fsp3) is 0.727. The van der Waals surface area contributed by atoms with Crippen molar-refractivity contribution in [3.8, 4) is 0 Å². The van der Waals surface area contributed by atoms with Crippen LogP contribution in [-0.2, 0) is 4.57 Å². The molecule has 1 aromatic rings. The molecule has 4 nitrogen and oxygen atoms in total. The van der Waals surface area contributed by atoms with Crippen molar-refractivity contribution in [1.29, 1.82) is 0 Å². The molecule has 3 aliphatic rings. The smallest absolute Gasteiger partial charge is 0.226 e. The van der Waals surface area contributed by atoms with E-state index in [1.54, 1.807) is 0 Å². The Morgan fingerprint density at radius 1 is 1.00 bits per heavy atom. The van der Waals surface area contributed by atoms with Gasteiger partial charge < -0.3 is 5.11 Å². The SMILES string of the molecule is C[C@H]1CCCC[C@]1(O)[C@@H](c1ccccc1)P1(=O)N(C)[C@@H]2CCCC[C@H]2N1C. The van der Waals surface area contributed by atoms with E-state index >= 15 is 0 Å². The second kappa shape index (κ2) is 7.30. The number of hydrogen-bond donors (Lipinski definition) is 1. The summed E-state index contributed by atoms with van der Waals surface area (Å²) in [6, 6.07) is 10.9. The maximum atomic E-state index is 14.9. The van der Waals surface area contributed by atoms with E-state index in [0.717, 1.165) is 44.1 Å². The maximum Gasteiger partial charge on any atom is 0.226 e. The van der Waals surface area contributed by atoms with E-state index in [1.165, 1.54) is 12.8 Å². The van der Waals surface area contributed by atoms with Gasteiger partial charge in [-0.05, 0) is 51.3 Å². The monoisotopic (exact) mass is 390 g/mol. The molecule has 0 radical (unpaired) electrons. The van der Waals surface area contributed by atoms with Crippen molar-refractivity contribution in [2.75, 3.05) is 14.1 Å². The number of benzene rings is 1. The third-order valence-electron chi connectivity index (χ3n) is 7.80. The molecule has 1 N–H and O–H groups in total. The zero-order valence-electron chi connectivity index (χ0n) is 17.1. The standard InChI is InChI=1S/C22H35N2O2P/c1-17-11-9-10-16-22(17,25)21(18-12-5-4-6-13-18)27(26)23(2)19-14-7-8-15-20(19)24(27)3/h4-6,12-13,17,19-21,25H,7-11,14-16H2,1-3H3/t17-,19+,20+,21+,22+/m0/s1. The van der Waals surface area contributed by atoms with Crippen LogP contribution in [0.1, 0.15) is 69.5 Å². The lowest BCUT2D eigenvalue weighted by atomic mass is 9.73. The highest BCUT2D eigenvalue weighted by molar-refractivity contribution is 7.59. The van der Waals surface area contributed by atoms with E-state index in [0.29, 0.717) is 12.1 Å². The molecule has 1 saturated heterocycles. The van der Waals surface area contributed by atoms with Gasteiger partial charge in [0.2, 0.25) is 7.44 Å². The van der Waals surface area contributed by atoms with Crippen molar-refractivity contribution in [2.24, 2.45) is 5.92 Å². The van der Waals surface area contributed by atoms with Crippen LogP contribution < -0.4 is 0 Å². The number of nitrogens with zero attached hydrogens (tertiary/aromatic N) is 2. The molecule has 2 saturated carbocycles. The molecule has 5 heteroatoms. The van der Waals surface area contributed by atoms with Crippen LogP contribution in [0.2, 0.25) is 0 Å². The van der Waals surface area contributed by atoms with Crippen molar-refractivity contribution < 1.29 is 9.67 Å². The number of rotatable bonds is 3. The number of hydrogen-bond acceptors (Lipinski definition) is 2. The Kier molecular flexibility index (Phi) is 5.31. The molecule has 27 heavy (non-hydrogen) atoms. The van der Waals surface area contributed by atoms with E-state index in [9.17, 15) is 9.67 Å². The highest BCUT2D eigenvalue weighted by Gasteiger charge is 2.61. The van der Waals surface area contributed by atoms with Gasteiger partial charge in [0.25, 0.3) is 0 Å². The first-order valence-electron chi connectivity index (χ1n) is 10.7. The van der Waals surface area contributed by atoms with Gasteiger partial charge in [-0.1, -0.05) is 62.9 Å². The molecule has 1 aliphatic heterocycles. The third-order valence-corrected chi connectivity index (χ3v) is 11.6. The summed E-state index contributed by atoms with van der Waals surface area (Å²) in [5, 5.41) is 12.0. The topological polar surface area (TPSA) is 43.8 Å². The average molecular weight is 391 g/mol. The summed E-state index contributed by atoms with van der Waals surface area (Å²) in [5.41, 5.74) is -0.220. The van der Waals surface area contributed by atoms with Crippen LogP contribution in [-0.4, -0.2) is 46.2 Å². The quantitative estimate of drug-likeness (QED) is 0.734. The molecule has 4 rings (SSSR count). The van der Waals surface area contributed by atoms with Crippen molar-refractivity contribution in [1.82, 2.24) is 9.34 Å². The van der Waals surface area contributed by atoms with Gasteiger partial charge in [-0.2, -0.15) is 0 Å². The van der Waals surface area contributed by atoms with Gasteiger partial charge >= 0.3 is 0 Å². The number of aliphatic hydroxyl groups is 1. The van der Waals surface area contributed by atoms with E-state index in [4.69, 9.17) is 0 Å². The van der Waals surface area contributed by atoms with Gasteiger partial charge in [-0.25, -0.2) is 9.34 Å². The molecule has 0 bridgehead atoms. The molecule has 1 heterocycles. The van der Waals surface area contributed by atoms with Crippen molar-refractivity contribution in [3.63, 3.8) is 0 Å². The summed E-state index contributed by atoms with van der Waals surface area (Å²) in [6.07, 6.45) is 8.60. The predicted octanol–water partition coefficient (Wildman–Crippen LogP) is 5.05. The minimum Gasteiger partial charge on any atom is -0.388 e. The fourth-order valence-corrected chi connectivity index (χ4v) is 10.2. The molecule has 150 valence electrons. The van der Waals surface area contributed by atoms with Crippen LogP contribution in [0.3, 0.4) is 0 Å². The first-order chi connectivity index (χ1) is 12.9. The van der Waals surface area contributed by atoms with Gasteiger partial charge in [0, 0.05) is 12.1 Å². The minimum absolute atomic E-state index is 0.159. The summed E-state index contributed by atoms with van der Waals surface area (Å²) in [7, 11) is 1.17. The van der Waals surface area contributed by atoms with Gasteiger partial charge in [0.1, 0.15) is 0 Å².